The van der Waals surface area contributed by atoms with Crippen LogP contribution in [0.4, 0.5) is 4.39 Å². The molecule has 3 rings (SSSR count). The third-order valence-corrected chi connectivity index (χ3v) is 5.17. The van der Waals surface area contributed by atoms with Gasteiger partial charge in [0.05, 0.1) is 11.4 Å². The summed E-state index contributed by atoms with van der Waals surface area (Å²) in [5.41, 5.74) is 4.14. The Bertz CT molecular complexity index is 976. The van der Waals surface area contributed by atoms with Crippen molar-refractivity contribution >= 4 is 5.91 Å². The van der Waals surface area contributed by atoms with E-state index in [1.54, 1.807) is 32.4 Å². The molecule has 2 atom stereocenters. The number of nitrogens with one attached hydrogen (secondary N) is 2. The number of aryl methyl sites for hydroxylation is 2. The van der Waals surface area contributed by atoms with Gasteiger partial charge in [0.1, 0.15) is 11.9 Å². The second-order valence-corrected chi connectivity index (χ2v) is 7.34. The molecule has 0 saturated carbocycles. The van der Waals surface area contributed by atoms with Crippen LogP contribution in [-0.4, -0.2) is 29.5 Å². The summed E-state index contributed by atoms with van der Waals surface area (Å²) in [6.07, 6.45) is 4.19. The predicted molar refractivity (Wildman–Crippen MR) is 116 cm³/mol. The van der Waals surface area contributed by atoms with E-state index in [1.165, 1.54) is 6.07 Å². The normalized spacial score (nSPS) is 12.9. The molecule has 0 bridgehead atoms. The molecule has 0 aliphatic heterocycles. The van der Waals surface area contributed by atoms with Gasteiger partial charge in [-0.1, -0.05) is 42.5 Å². The maximum atomic E-state index is 13.8. The van der Waals surface area contributed by atoms with Crippen molar-refractivity contribution in [1.29, 1.82) is 0 Å². The van der Waals surface area contributed by atoms with Crippen LogP contribution in [0.15, 0.2) is 60.9 Å². The first-order valence-electron chi connectivity index (χ1n) is 10.0. The van der Waals surface area contributed by atoms with Gasteiger partial charge in [-0.15, -0.1) is 0 Å². The monoisotopic (exact) mass is 406 g/mol. The van der Waals surface area contributed by atoms with Gasteiger partial charge < -0.3 is 10.6 Å². The van der Waals surface area contributed by atoms with Crippen molar-refractivity contribution in [3.63, 3.8) is 0 Å². The summed E-state index contributed by atoms with van der Waals surface area (Å²) in [5, 5.41) is 6.08. The van der Waals surface area contributed by atoms with Crippen LogP contribution in [0.2, 0.25) is 0 Å². The van der Waals surface area contributed by atoms with Crippen molar-refractivity contribution in [2.45, 2.75) is 32.2 Å². The topological polar surface area (TPSA) is 66.9 Å². The highest BCUT2D eigenvalue weighted by molar-refractivity contribution is 5.82. The van der Waals surface area contributed by atoms with Gasteiger partial charge in [0, 0.05) is 25.4 Å². The number of amides is 1. The second kappa shape index (κ2) is 10.1. The van der Waals surface area contributed by atoms with Crippen LogP contribution in [0.3, 0.4) is 0 Å². The Morgan fingerprint density at radius 1 is 1.03 bits per heavy atom. The number of halogens is 1. The van der Waals surface area contributed by atoms with Crippen LogP contribution in [0.1, 0.15) is 46.5 Å². The van der Waals surface area contributed by atoms with Gasteiger partial charge in [-0.3, -0.25) is 14.8 Å². The molecule has 0 fully saturated rings. The maximum absolute atomic E-state index is 13.8. The fourth-order valence-electron chi connectivity index (χ4n) is 3.48. The fourth-order valence-corrected chi connectivity index (χ4v) is 3.48. The lowest BCUT2D eigenvalue weighted by Crippen LogP contribution is -2.36. The van der Waals surface area contributed by atoms with Crippen LogP contribution < -0.4 is 10.6 Å². The summed E-state index contributed by atoms with van der Waals surface area (Å²) >= 11 is 0. The van der Waals surface area contributed by atoms with Gasteiger partial charge in [-0.2, -0.15) is 0 Å². The maximum Gasteiger partial charge on any atom is 0.241 e. The van der Waals surface area contributed by atoms with E-state index in [0.29, 0.717) is 18.5 Å². The van der Waals surface area contributed by atoms with Crippen molar-refractivity contribution < 1.29 is 9.18 Å². The Hall–Kier alpha value is -3.12. The van der Waals surface area contributed by atoms with Crippen molar-refractivity contribution in [3.05, 3.63) is 94.8 Å². The van der Waals surface area contributed by atoms with Crippen LogP contribution in [-0.2, 0) is 4.79 Å². The largest absolute Gasteiger partial charge is 0.358 e. The van der Waals surface area contributed by atoms with Gasteiger partial charge in [-0.05, 0) is 49.6 Å². The molecule has 0 aliphatic carbocycles. The van der Waals surface area contributed by atoms with E-state index in [2.05, 4.69) is 20.6 Å². The Labute approximate surface area is 176 Å². The third kappa shape index (κ3) is 5.27. The molecule has 2 N–H and O–H groups in total. The number of likely N-dealkylation sites (N-methyl/N-ethyl adjacent to an activating group) is 1. The van der Waals surface area contributed by atoms with Gasteiger partial charge in [0.15, 0.2) is 0 Å². The van der Waals surface area contributed by atoms with Crippen molar-refractivity contribution in [2.75, 3.05) is 13.6 Å². The molecule has 5 nitrogen and oxygen atoms in total. The Kier molecular flexibility index (Phi) is 7.25. The summed E-state index contributed by atoms with van der Waals surface area (Å²) in [6, 6.07) is 14.3. The summed E-state index contributed by atoms with van der Waals surface area (Å²) in [5.74, 6) is -0.383. The molecule has 2 aromatic carbocycles. The standard InChI is InChI=1S/C24H27FN4O/c1-16-13-19(9-10-21(16)25)20(22-15-28-17(2)14-29-22)11-12-27-23(24(30)26-3)18-7-5-4-6-8-18/h4-10,13-15,20,23,27H,11-12H2,1-3H3,(H,26,30)/t20-,23+/m0/s1. The van der Waals surface area contributed by atoms with Gasteiger partial charge in [0.2, 0.25) is 5.91 Å². The molecular formula is C24H27FN4O. The molecule has 30 heavy (non-hydrogen) atoms. The molecule has 0 saturated heterocycles. The zero-order chi connectivity index (χ0) is 21.5. The molecule has 0 radical (unpaired) electrons. The Morgan fingerprint density at radius 2 is 1.80 bits per heavy atom. The molecule has 0 aliphatic rings. The minimum atomic E-state index is -0.448. The SMILES string of the molecule is CNC(=O)[C@H](NCC[C@@H](c1ccc(F)c(C)c1)c1cnc(C)cn1)c1ccccc1. The zero-order valence-corrected chi connectivity index (χ0v) is 17.5. The van der Waals surface area contributed by atoms with Crippen molar-refractivity contribution in [1.82, 2.24) is 20.6 Å². The average molecular weight is 407 g/mol. The lowest BCUT2D eigenvalue weighted by molar-refractivity contribution is -0.122. The smallest absolute Gasteiger partial charge is 0.241 e. The summed E-state index contributed by atoms with van der Waals surface area (Å²) in [4.78, 5) is 21.3. The highest BCUT2D eigenvalue weighted by atomic mass is 19.1. The highest BCUT2D eigenvalue weighted by Gasteiger charge is 2.21. The molecule has 1 aromatic heterocycles. The molecule has 6 heteroatoms. The van der Waals surface area contributed by atoms with Crippen molar-refractivity contribution in [3.8, 4) is 0 Å². The number of nitrogens with zero attached hydrogens (tertiary/aromatic N) is 2. The number of benzene rings is 2. The van der Waals surface area contributed by atoms with E-state index < -0.39 is 6.04 Å². The molecule has 156 valence electrons. The Morgan fingerprint density at radius 3 is 2.43 bits per heavy atom. The van der Waals surface area contributed by atoms with Crippen LogP contribution in [0.25, 0.3) is 0 Å². The first-order valence-corrected chi connectivity index (χ1v) is 10.0. The number of aromatic nitrogens is 2. The minimum absolute atomic E-state index is 0.0639. The van der Waals surface area contributed by atoms with Gasteiger partial charge in [0.25, 0.3) is 0 Å². The molecular weight excluding hydrogens is 379 g/mol. The predicted octanol–water partition coefficient (Wildman–Crippen LogP) is 3.83. The molecule has 1 amide bonds. The third-order valence-electron chi connectivity index (χ3n) is 5.17. The zero-order valence-electron chi connectivity index (χ0n) is 17.5. The summed E-state index contributed by atoms with van der Waals surface area (Å²) in [6.45, 7) is 4.22. The van der Waals surface area contributed by atoms with Crippen LogP contribution in [0.5, 0.6) is 0 Å². The Balaban J connectivity index is 1.81. The van der Waals surface area contributed by atoms with E-state index >= 15 is 0 Å². The summed E-state index contributed by atoms with van der Waals surface area (Å²) < 4.78 is 13.8. The van der Waals surface area contributed by atoms with Crippen molar-refractivity contribution in [2.24, 2.45) is 0 Å². The molecule has 0 unspecified atom stereocenters. The second-order valence-electron chi connectivity index (χ2n) is 7.34. The average Bonchev–Trinajstić information content (AvgIpc) is 2.77. The number of carbonyl (C=O) groups is 1. The number of rotatable bonds is 8. The van der Waals surface area contributed by atoms with E-state index in [1.807, 2.05) is 43.3 Å². The van der Waals surface area contributed by atoms with Gasteiger partial charge >= 0.3 is 0 Å². The van der Waals surface area contributed by atoms with Crippen LogP contribution in [0, 0.1) is 19.7 Å². The quantitative estimate of drug-likeness (QED) is 0.597. The summed E-state index contributed by atoms with van der Waals surface area (Å²) in [7, 11) is 1.63. The number of hydrogen-bond donors (Lipinski definition) is 2. The molecule has 3 aromatic rings. The van der Waals surface area contributed by atoms with Gasteiger partial charge in [-0.25, -0.2) is 4.39 Å². The first kappa shape index (κ1) is 21.6. The minimum Gasteiger partial charge on any atom is -0.358 e. The number of carbonyl (C=O) groups excluding carboxylic acids is 1. The lowest BCUT2D eigenvalue weighted by Gasteiger charge is -2.21. The number of hydrogen-bond acceptors (Lipinski definition) is 4. The fraction of sp³-hybridized carbons (Fsp3) is 0.292. The van der Waals surface area contributed by atoms with Crippen LogP contribution >= 0.6 is 0 Å². The molecule has 1 heterocycles. The first-order chi connectivity index (χ1) is 14.5. The van der Waals surface area contributed by atoms with E-state index in [0.717, 1.165) is 22.5 Å². The highest BCUT2D eigenvalue weighted by Crippen LogP contribution is 2.28. The van der Waals surface area contributed by atoms with E-state index in [9.17, 15) is 9.18 Å². The van der Waals surface area contributed by atoms with E-state index in [-0.39, 0.29) is 17.6 Å². The van der Waals surface area contributed by atoms with E-state index in [4.69, 9.17) is 0 Å². The molecule has 0 spiro atoms. The lowest BCUT2D eigenvalue weighted by atomic mass is 9.91.